The number of carbonyl (C=O) groups is 2. The second kappa shape index (κ2) is 10.7. The first kappa shape index (κ1) is 24.6. The van der Waals surface area contributed by atoms with Gasteiger partial charge in [0.2, 0.25) is 0 Å². The largest absolute Gasteiger partial charge is 0.507 e. The molecule has 3 rings (SSSR count). The molecular weight excluding hydrogens is 444 g/mol. The van der Waals surface area contributed by atoms with E-state index in [4.69, 9.17) is 21.1 Å². The van der Waals surface area contributed by atoms with Gasteiger partial charge >= 0.3 is 0 Å². The molecule has 0 bridgehead atoms. The van der Waals surface area contributed by atoms with Crippen molar-refractivity contribution in [3.05, 3.63) is 64.2 Å². The lowest BCUT2D eigenvalue weighted by molar-refractivity contribution is -0.140. The number of hydrogen-bond donors (Lipinski definition) is 1. The van der Waals surface area contributed by atoms with Gasteiger partial charge in [-0.15, -0.1) is 0 Å². The zero-order valence-corrected chi connectivity index (χ0v) is 20.1. The number of aliphatic hydroxyl groups is 1. The number of ketones is 1. The van der Waals surface area contributed by atoms with Crippen LogP contribution in [0.1, 0.15) is 31.0 Å². The third kappa shape index (κ3) is 4.84. The monoisotopic (exact) mass is 472 g/mol. The topological polar surface area (TPSA) is 79.3 Å². The lowest BCUT2D eigenvalue weighted by Gasteiger charge is -2.28. The van der Waals surface area contributed by atoms with Gasteiger partial charge in [-0.3, -0.25) is 9.59 Å². The zero-order valence-electron chi connectivity index (χ0n) is 19.3. The molecule has 176 valence electrons. The van der Waals surface area contributed by atoms with E-state index in [0.717, 1.165) is 18.7 Å². The van der Waals surface area contributed by atoms with Crippen LogP contribution < -0.4 is 9.47 Å². The summed E-state index contributed by atoms with van der Waals surface area (Å²) < 4.78 is 10.7. The standard InChI is InChI=1S/C25H29ClN2O5/c1-5-27(6-2)12-13-28-22(16-10-8-7-9-11-16)21(24(30)25(28)31)23(29)17-14-20(33-4)18(26)15-19(17)32-3/h7-11,14-15,22,29H,5-6,12-13H2,1-4H3/b23-21+. The Kier molecular flexibility index (Phi) is 8.00. The molecule has 1 aliphatic heterocycles. The van der Waals surface area contributed by atoms with Crippen LogP contribution >= 0.6 is 11.6 Å². The van der Waals surface area contributed by atoms with E-state index in [1.165, 1.54) is 31.3 Å². The Morgan fingerprint density at radius 3 is 2.27 bits per heavy atom. The number of likely N-dealkylation sites (tertiary alicyclic amines) is 1. The van der Waals surface area contributed by atoms with Crippen molar-refractivity contribution < 1.29 is 24.2 Å². The van der Waals surface area contributed by atoms with Crippen LogP contribution in [-0.4, -0.2) is 67.0 Å². The summed E-state index contributed by atoms with van der Waals surface area (Å²) in [7, 11) is 2.89. The van der Waals surface area contributed by atoms with E-state index >= 15 is 0 Å². The highest BCUT2D eigenvalue weighted by molar-refractivity contribution is 6.46. The fraction of sp³-hybridized carbons (Fsp3) is 0.360. The van der Waals surface area contributed by atoms with Gasteiger partial charge in [0.1, 0.15) is 17.3 Å². The van der Waals surface area contributed by atoms with E-state index in [9.17, 15) is 14.7 Å². The van der Waals surface area contributed by atoms with Crippen molar-refractivity contribution in [3.63, 3.8) is 0 Å². The summed E-state index contributed by atoms with van der Waals surface area (Å²) in [5.41, 5.74) is 0.965. The van der Waals surface area contributed by atoms with Crippen LogP contribution in [0.4, 0.5) is 0 Å². The number of Topliss-reactive ketones (excluding diaryl/α,β-unsaturated/α-hetero) is 1. The van der Waals surface area contributed by atoms with Gasteiger partial charge in [-0.25, -0.2) is 0 Å². The molecule has 8 heteroatoms. The molecule has 0 saturated carbocycles. The number of hydrogen-bond acceptors (Lipinski definition) is 6. The second-order valence-electron chi connectivity index (χ2n) is 7.62. The predicted molar refractivity (Wildman–Crippen MR) is 128 cm³/mol. The number of nitrogens with zero attached hydrogens (tertiary/aromatic N) is 2. The van der Waals surface area contributed by atoms with E-state index in [0.29, 0.717) is 23.9 Å². The number of halogens is 1. The summed E-state index contributed by atoms with van der Waals surface area (Å²) in [6.45, 7) is 6.72. The number of carbonyl (C=O) groups excluding carboxylic acids is 2. The molecule has 7 nitrogen and oxygen atoms in total. The van der Waals surface area contributed by atoms with Crippen LogP contribution in [0.5, 0.6) is 11.5 Å². The summed E-state index contributed by atoms with van der Waals surface area (Å²) in [4.78, 5) is 30.0. The normalized spacial score (nSPS) is 17.6. The van der Waals surface area contributed by atoms with Gasteiger partial charge in [0.15, 0.2) is 0 Å². The van der Waals surface area contributed by atoms with E-state index in [-0.39, 0.29) is 22.6 Å². The molecule has 0 aliphatic carbocycles. The van der Waals surface area contributed by atoms with Crippen LogP contribution in [0.15, 0.2) is 48.0 Å². The Hall–Kier alpha value is -3.03. The van der Waals surface area contributed by atoms with Gasteiger partial charge in [0, 0.05) is 19.2 Å². The van der Waals surface area contributed by atoms with Crippen molar-refractivity contribution in [1.29, 1.82) is 0 Å². The first-order chi connectivity index (χ1) is 15.9. The van der Waals surface area contributed by atoms with Crippen molar-refractivity contribution >= 4 is 29.1 Å². The second-order valence-corrected chi connectivity index (χ2v) is 8.02. The van der Waals surface area contributed by atoms with Crippen molar-refractivity contribution in [3.8, 4) is 11.5 Å². The molecule has 1 aliphatic rings. The quantitative estimate of drug-likeness (QED) is 0.336. The van der Waals surface area contributed by atoms with Crippen LogP contribution in [0.25, 0.3) is 5.76 Å². The van der Waals surface area contributed by atoms with Gasteiger partial charge in [0.25, 0.3) is 11.7 Å². The van der Waals surface area contributed by atoms with E-state index in [2.05, 4.69) is 4.90 Å². The molecule has 33 heavy (non-hydrogen) atoms. The lowest BCUT2D eigenvalue weighted by atomic mass is 9.95. The molecular formula is C25H29ClN2O5. The van der Waals surface area contributed by atoms with Gasteiger partial charge in [-0.05, 0) is 24.7 Å². The summed E-state index contributed by atoms with van der Waals surface area (Å²) in [6, 6.07) is 11.5. The molecule has 1 saturated heterocycles. The number of benzene rings is 2. The minimum atomic E-state index is -0.739. The number of methoxy groups -OCH3 is 2. The van der Waals surface area contributed by atoms with Crippen LogP contribution in [0.3, 0.4) is 0 Å². The van der Waals surface area contributed by atoms with E-state index < -0.39 is 17.7 Å². The molecule has 2 aromatic rings. The van der Waals surface area contributed by atoms with Crippen LogP contribution in [0, 0.1) is 0 Å². The molecule has 1 unspecified atom stereocenters. The summed E-state index contributed by atoms with van der Waals surface area (Å²) in [6.07, 6.45) is 0. The fourth-order valence-corrected chi connectivity index (χ4v) is 4.30. The van der Waals surface area contributed by atoms with Crippen LogP contribution in [0.2, 0.25) is 5.02 Å². The molecule has 2 aromatic carbocycles. The summed E-state index contributed by atoms with van der Waals surface area (Å²) >= 11 is 6.21. The molecule has 0 radical (unpaired) electrons. The maximum atomic E-state index is 13.2. The lowest BCUT2D eigenvalue weighted by Crippen LogP contribution is -2.38. The number of rotatable bonds is 9. The fourth-order valence-electron chi connectivity index (χ4n) is 4.07. The average Bonchev–Trinajstić information content (AvgIpc) is 3.09. The van der Waals surface area contributed by atoms with Gasteiger partial charge in [-0.2, -0.15) is 0 Å². The van der Waals surface area contributed by atoms with Gasteiger partial charge in [0.05, 0.1) is 36.4 Å². The molecule has 1 fully saturated rings. The zero-order chi connectivity index (χ0) is 24.1. The molecule has 1 N–H and O–H groups in total. The number of likely N-dealkylation sites (N-methyl/N-ethyl adjacent to an activating group) is 1. The average molecular weight is 473 g/mol. The van der Waals surface area contributed by atoms with Gasteiger partial charge < -0.3 is 24.4 Å². The highest BCUT2D eigenvalue weighted by Crippen LogP contribution is 2.42. The molecule has 1 amide bonds. The Bertz CT molecular complexity index is 1050. The van der Waals surface area contributed by atoms with Gasteiger partial charge in [-0.1, -0.05) is 55.8 Å². The van der Waals surface area contributed by atoms with Crippen LogP contribution in [-0.2, 0) is 9.59 Å². The van der Waals surface area contributed by atoms with E-state index in [1.54, 1.807) is 0 Å². The Morgan fingerprint density at radius 1 is 1.06 bits per heavy atom. The molecule has 1 atom stereocenters. The van der Waals surface area contributed by atoms with Crippen molar-refractivity contribution in [2.24, 2.45) is 0 Å². The maximum absolute atomic E-state index is 13.2. The summed E-state index contributed by atoms with van der Waals surface area (Å²) in [5.74, 6) is -1.14. The maximum Gasteiger partial charge on any atom is 0.295 e. The van der Waals surface area contributed by atoms with Crippen molar-refractivity contribution in [1.82, 2.24) is 9.80 Å². The third-order valence-electron chi connectivity index (χ3n) is 5.94. The minimum absolute atomic E-state index is 0.00780. The highest BCUT2D eigenvalue weighted by atomic mass is 35.5. The predicted octanol–water partition coefficient (Wildman–Crippen LogP) is 4.12. The van der Waals surface area contributed by atoms with E-state index in [1.807, 2.05) is 44.2 Å². The first-order valence-corrected chi connectivity index (χ1v) is 11.2. The first-order valence-electron chi connectivity index (χ1n) is 10.8. The molecule has 1 heterocycles. The Morgan fingerprint density at radius 2 is 1.70 bits per heavy atom. The third-order valence-corrected chi connectivity index (χ3v) is 6.23. The number of aliphatic hydroxyl groups excluding tert-OH is 1. The number of amides is 1. The minimum Gasteiger partial charge on any atom is -0.507 e. The van der Waals surface area contributed by atoms with Crippen molar-refractivity contribution in [2.45, 2.75) is 19.9 Å². The smallest absolute Gasteiger partial charge is 0.295 e. The number of ether oxygens (including phenoxy) is 2. The Labute approximate surface area is 199 Å². The Balaban J connectivity index is 2.17. The summed E-state index contributed by atoms with van der Waals surface area (Å²) in [5, 5.41) is 11.6. The SMILES string of the molecule is CCN(CC)CCN1C(=O)C(=O)/C(=C(/O)c2cc(OC)c(Cl)cc2OC)C1c1ccccc1. The molecule has 0 spiro atoms. The molecule has 0 aromatic heterocycles. The highest BCUT2D eigenvalue weighted by Gasteiger charge is 2.46. The van der Waals surface area contributed by atoms with Crippen molar-refractivity contribution in [2.75, 3.05) is 40.4 Å².